The van der Waals surface area contributed by atoms with Gasteiger partial charge in [-0.25, -0.2) is 0 Å². The summed E-state index contributed by atoms with van der Waals surface area (Å²) in [6, 6.07) is 0. The molecule has 0 aromatic rings. The Morgan fingerprint density at radius 2 is 2.33 bits per heavy atom. The van der Waals surface area contributed by atoms with Crippen LogP contribution in [0.15, 0.2) is 22.8 Å². The average molecular weight is 298 g/mol. The molecule has 0 spiro atoms. The first kappa shape index (κ1) is 10.4. The van der Waals surface area contributed by atoms with Crippen LogP contribution in [0.3, 0.4) is 0 Å². The van der Waals surface area contributed by atoms with Crippen LogP contribution in [-0.2, 0) is 8.92 Å². The molecule has 0 amide bonds. The van der Waals surface area contributed by atoms with Crippen LogP contribution >= 0.6 is 34.6 Å². The fraction of sp³-hybridized carbons (Fsp3) is 0.500. The van der Waals surface area contributed by atoms with Crippen molar-refractivity contribution in [2.75, 3.05) is 11.7 Å². The number of rotatable bonds is 4. The van der Waals surface area contributed by atoms with E-state index >= 15 is 0 Å². The summed E-state index contributed by atoms with van der Waals surface area (Å²) in [6.45, 7) is 0. The van der Waals surface area contributed by atoms with E-state index in [-0.39, 0.29) is 0 Å². The maximum absolute atomic E-state index is 5.36. The Labute approximate surface area is 90.7 Å². The molecule has 68 valence electrons. The van der Waals surface area contributed by atoms with Gasteiger partial charge in [-0.1, -0.05) is 0 Å². The van der Waals surface area contributed by atoms with Gasteiger partial charge in [-0.2, -0.15) is 0 Å². The zero-order chi connectivity index (χ0) is 8.81. The maximum atomic E-state index is 5.36. The van der Waals surface area contributed by atoms with Crippen molar-refractivity contribution in [1.82, 2.24) is 0 Å². The van der Waals surface area contributed by atoms with Gasteiger partial charge < -0.3 is 8.92 Å². The second-order valence-corrected chi connectivity index (χ2v) is 3.92. The van der Waals surface area contributed by atoms with Crippen LogP contribution in [0.1, 0.15) is 12.8 Å². The normalized spacial score (nSPS) is 16.8. The summed E-state index contributed by atoms with van der Waals surface area (Å²) < 4.78 is 11.0. The summed E-state index contributed by atoms with van der Waals surface area (Å²) in [5.41, 5.74) is 0. The highest BCUT2D eigenvalue weighted by molar-refractivity contribution is 14.1. The van der Waals surface area contributed by atoms with Gasteiger partial charge in [0.05, 0.1) is 12.9 Å². The van der Waals surface area contributed by atoms with Crippen molar-refractivity contribution in [2.45, 2.75) is 12.8 Å². The molecule has 0 N–H and O–H groups in total. The first-order valence-corrected chi connectivity index (χ1v) is 5.92. The molecule has 0 unspecified atom stereocenters. The standard InChI is InChI=1S/C8H11IO2S/c1-10-12-8-4-2-7(3-5-8)11-6-9/h2,4H,3,5-6H2,1H3. The van der Waals surface area contributed by atoms with Crippen molar-refractivity contribution in [3.63, 3.8) is 0 Å². The van der Waals surface area contributed by atoms with Crippen molar-refractivity contribution in [2.24, 2.45) is 0 Å². The summed E-state index contributed by atoms with van der Waals surface area (Å²) in [7, 11) is 1.69. The molecule has 1 rings (SSSR count). The van der Waals surface area contributed by atoms with Crippen LogP contribution < -0.4 is 0 Å². The van der Waals surface area contributed by atoms with Gasteiger partial charge in [0, 0.05) is 23.4 Å². The van der Waals surface area contributed by atoms with Gasteiger partial charge in [-0.3, -0.25) is 0 Å². The van der Waals surface area contributed by atoms with E-state index in [1.807, 2.05) is 6.08 Å². The lowest BCUT2D eigenvalue weighted by Gasteiger charge is -2.12. The van der Waals surface area contributed by atoms with Crippen molar-refractivity contribution >= 4 is 34.6 Å². The third kappa shape index (κ3) is 3.37. The molecule has 0 saturated carbocycles. The second-order valence-electron chi connectivity index (χ2n) is 2.27. The van der Waals surface area contributed by atoms with Gasteiger partial charge in [0.15, 0.2) is 0 Å². The van der Waals surface area contributed by atoms with Crippen LogP contribution in [0.5, 0.6) is 0 Å². The second kappa shape index (κ2) is 5.88. The molecule has 0 aromatic heterocycles. The van der Waals surface area contributed by atoms with E-state index in [2.05, 4.69) is 28.7 Å². The van der Waals surface area contributed by atoms with Gasteiger partial charge >= 0.3 is 0 Å². The van der Waals surface area contributed by atoms with E-state index < -0.39 is 0 Å². The van der Waals surface area contributed by atoms with Crippen LogP contribution in [0, 0.1) is 0 Å². The van der Waals surface area contributed by atoms with E-state index in [0.717, 1.165) is 23.2 Å². The first-order chi connectivity index (χ1) is 5.86. The fourth-order valence-corrected chi connectivity index (χ4v) is 1.89. The summed E-state index contributed by atoms with van der Waals surface area (Å²) >= 11 is 3.63. The van der Waals surface area contributed by atoms with Crippen molar-refractivity contribution in [3.05, 3.63) is 22.8 Å². The highest BCUT2D eigenvalue weighted by Crippen LogP contribution is 2.27. The van der Waals surface area contributed by atoms with E-state index in [9.17, 15) is 0 Å². The van der Waals surface area contributed by atoms with Gasteiger partial charge in [-0.15, -0.1) is 0 Å². The van der Waals surface area contributed by atoms with E-state index in [1.165, 1.54) is 16.9 Å². The Hall–Kier alpha value is 0.320. The van der Waals surface area contributed by atoms with Gasteiger partial charge in [0.2, 0.25) is 0 Å². The molecule has 0 heterocycles. The Morgan fingerprint density at radius 3 is 2.83 bits per heavy atom. The third-order valence-corrected chi connectivity index (χ3v) is 2.54. The largest absolute Gasteiger partial charge is 0.488 e. The molecular formula is C8H11IO2S. The Balaban J connectivity index is 2.42. The minimum absolute atomic E-state index is 0.726. The first-order valence-electron chi connectivity index (χ1n) is 3.66. The van der Waals surface area contributed by atoms with E-state index in [4.69, 9.17) is 8.92 Å². The highest BCUT2D eigenvalue weighted by Gasteiger charge is 2.07. The number of allylic oxidation sites excluding steroid dienone is 4. The van der Waals surface area contributed by atoms with Crippen LogP contribution in [-0.4, -0.2) is 11.7 Å². The molecule has 1 aliphatic carbocycles. The molecular weight excluding hydrogens is 287 g/mol. The summed E-state index contributed by atoms with van der Waals surface area (Å²) in [5, 5.41) is 0. The summed E-state index contributed by atoms with van der Waals surface area (Å²) in [5.74, 6) is 1.07. The fourth-order valence-electron chi connectivity index (χ4n) is 0.966. The Kier molecular flexibility index (Phi) is 5.10. The third-order valence-electron chi connectivity index (χ3n) is 1.50. The Morgan fingerprint density at radius 1 is 1.50 bits per heavy atom. The van der Waals surface area contributed by atoms with Gasteiger partial charge in [0.1, 0.15) is 4.61 Å². The lowest BCUT2D eigenvalue weighted by molar-refractivity contribution is 0.268. The molecule has 2 nitrogen and oxygen atoms in total. The zero-order valence-corrected chi connectivity index (χ0v) is 9.85. The molecule has 0 radical (unpaired) electrons. The molecule has 0 aliphatic heterocycles. The van der Waals surface area contributed by atoms with Crippen molar-refractivity contribution < 1.29 is 8.92 Å². The molecule has 0 bridgehead atoms. The molecule has 12 heavy (non-hydrogen) atoms. The van der Waals surface area contributed by atoms with Gasteiger partial charge in [0.25, 0.3) is 0 Å². The maximum Gasteiger partial charge on any atom is 0.138 e. The number of hydrogen-bond acceptors (Lipinski definition) is 3. The van der Waals surface area contributed by atoms with Crippen LogP contribution in [0.2, 0.25) is 0 Å². The SMILES string of the molecule is COSC1=CC=C(OCI)CC1. The topological polar surface area (TPSA) is 18.5 Å². The number of hydrogen-bond donors (Lipinski definition) is 0. The molecule has 4 heteroatoms. The van der Waals surface area contributed by atoms with E-state index in [1.54, 1.807) is 7.11 Å². The minimum Gasteiger partial charge on any atom is -0.488 e. The van der Waals surface area contributed by atoms with Crippen LogP contribution in [0.25, 0.3) is 0 Å². The number of halogens is 1. The van der Waals surface area contributed by atoms with Crippen molar-refractivity contribution in [3.8, 4) is 0 Å². The highest BCUT2D eigenvalue weighted by atomic mass is 127. The number of ether oxygens (including phenoxy) is 1. The zero-order valence-electron chi connectivity index (χ0n) is 6.88. The minimum atomic E-state index is 0.726. The monoisotopic (exact) mass is 298 g/mol. The van der Waals surface area contributed by atoms with Crippen molar-refractivity contribution in [1.29, 1.82) is 0 Å². The predicted molar refractivity (Wildman–Crippen MR) is 60.0 cm³/mol. The van der Waals surface area contributed by atoms with E-state index in [0.29, 0.717) is 0 Å². The molecule has 0 saturated heterocycles. The Bertz CT molecular complexity index is 179. The van der Waals surface area contributed by atoms with Gasteiger partial charge in [-0.05, 0) is 41.2 Å². The average Bonchev–Trinajstić information content (AvgIpc) is 2.09. The molecule has 0 atom stereocenters. The molecule has 0 aromatic carbocycles. The lowest BCUT2D eigenvalue weighted by atomic mass is 10.2. The van der Waals surface area contributed by atoms with Crippen LogP contribution in [0.4, 0.5) is 0 Å². The lowest BCUT2D eigenvalue weighted by Crippen LogP contribution is -1.95. The smallest absolute Gasteiger partial charge is 0.138 e. The summed E-state index contributed by atoms with van der Waals surface area (Å²) in [6.07, 6.45) is 6.09. The predicted octanol–water partition coefficient (Wildman–Crippen LogP) is 3.25. The summed E-state index contributed by atoms with van der Waals surface area (Å²) in [4.78, 5) is 1.26. The number of alkyl halides is 1. The molecule has 0 fully saturated rings. The quantitative estimate of drug-likeness (QED) is 0.451. The molecule has 1 aliphatic rings.